The fourth-order valence-electron chi connectivity index (χ4n) is 1.30. The van der Waals surface area contributed by atoms with Crippen molar-refractivity contribution < 1.29 is 24.2 Å². The van der Waals surface area contributed by atoms with Crippen LogP contribution in [0.25, 0.3) is 0 Å². The van der Waals surface area contributed by atoms with Gasteiger partial charge in [-0.2, -0.15) is 0 Å². The van der Waals surface area contributed by atoms with E-state index in [1.165, 1.54) is 32.4 Å². The van der Waals surface area contributed by atoms with Crippen molar-refractivity contribution in [3.8, 4) is 11.5 Å². The van der Waals surface area contributed by atoms with E-state index in [4.69, 9.17) is 4.74 Å². The Labute approximate surface area is 105 Å². The first-order valence-corrected chi connectivity index (χ1v) is 5.30. The van der Waals surface area contributed by atoms with E-state index >= 15 is 0 Å². The van der Waals surface area contributed by atoms with Crippen molar-refractivity contribution >= 4 is 11.9 Å². The predicted molar refractivity (Wildman–Crippen MR) is 63.6 cm³/mol. The summed E-state index contributed by atoms with van der Waals surface area (Å²) in [6.07, 6.45) is 0.109. The van der Waals surface area contributed by atoms with Crippen LogP contribution in [-0.2, 0) is 9.53 Å². The van der Waals surface area contributed by atoms with E-state index < -0.39 is 5.97 Å². The molecule has 0 saturated carbocycles. The molecular formula is C12H15NO5. The Morgan fingerprint density at radius 3 is 2.67 bits per heavy atom. The molecule has 0 bridgehead atoms. The van der Waals surface area contributed by atoms with Crippen molar-refractivity contribution in [3.63, 3.8) is 0 Å². The van der Waals surface area contributed by atoms with Gasteiger partial charge in [0.25, 0.3) is 5.91 Å². The van der Waals surface area contributed by atoms with Crippen molar-refractivity contribution in [2.24, 2.45) is 0 Å². The second-order valence-corrected chi connectivity index (χ2v) is 3.47. The highest BCUT2D eigenvalue weighted by molar-refractivity contribution is 5.95. The first-order chi connectivity index (χ1) is 8.58. The van der Waals surface area contributed by atoms with Gasteiger partial charge in [-0.3, -0.25) is 9.59 Å². The summed E-state index contributed by atoms with van der Waals surface area (Å²) in [5.41, 5.74) is 0.342. The lowest BCUT2D eigenvalue weighted by molar-refractivity contribution is -0.140. The van der Waals surface area contributed by atoms with Crippen molar-refractivity contribution in [2.45, 2.75) is 6.42 Å². The summed E-state index contributed by atoms with van der Waals surface area (Å²) in [6, 6.07) is 4.25. The highest BCUT2D eigenvalue weighted by Gasteiger charge is 2.10. The highest BCUT2D eigenvalue weighted by Crippen LogP contribution is 2.26. The van der Waals surface area contributed by atoms with Gasteiger partial charge in [-0.05, 0) is 18.2 Å². The zero-order chi connectivity index (χ0) is 13.5. The minimum atomic E-state index is -0.390. The summed E-state index contributed by atoms with van der Waals surface area (Å²) in [7, 11) is 2.68. The number of benzene rings is 1. The molecule has 1 amide bonds. The molecule has 0 aliphatic carbocycles. The topological polar surface area (TPSA) is 84.9 Å². The molecule has 0 unspecified atom stereocenters. The number of phenolic OH excluding ortho intramolecular Hbond substituents is 1. The van der Waals surface area contributed by atoms with E-state index in [2.05, 4.69) is 10.1 Å². The van der Waals surface area contributed by atoms with Gasteiger partial charge in [0.2, 0.25) is 0 Å². The molecule has 0 spiro atoms. The molecule has 1 aromatic rings. The molecule has 1 rings (SSSR count). The lowest BCUT2D eigenvalue weighted by Gasteiger charge is -2.07. The molecule has 2 N–H and O–H groups in total. The number of nitrogens with one attached hydrogen (secondary N) is 1. The van der Waals surface area contributed by atoms with Crippen LogP contribution < -0.4 is 10.1 Å². The molecule has 1 aromatic carbocycles. The van der Waals surface area contributed by atoms with Gasteiger partial charge in [0.1, 0.15) is 0 Å². The maximum atomic E-state index is 11.7. The Hall–Kier alpha value is -2.24. The van der Waals surface area contributed by atoms with Crippen molar-refractivity contribution in [3.05, 3.63) is 23.8 Å². The number of hydrogen-bond acceptors (Lipinski definition) is 5. The summed E-state index contributed by atoms with van der Waals surface area (Å²) in [5.74, 6) is -0.560. The van der Waals surface area contributed by atoms with Crippen LogP contribution in [0.3, 0.4) is 0 Å². The van der Waals surface area contributed by atoms with Crippen LogP contribution in [0.5, 0.6) is 11.5 Å². The molecule has 0 heterocycles. The Kier molecular flexibility index (Phi) is 4.98. The standard InChI is InChI=1S/C12H15NO5/c1-17-10-7-8(3-4-9(10)14)12(16)13-6-5-11(15)18-2/h3-4,7,14H,5-6H2,1-2H3,(H,13,16). The van der Waals surface area contributed by atoms with Gasteiger partial charge in [-0.1, -0.05) is 0 Å². The molecule has 98 valence electrons. The Morgan fingerprint density at radius 1 is 1.33 bits per heavy atom. The molecule has 0 aliphatic rings. The minimum absolute atomic E-state index is 0.0383. The van der Waals surface area contributed by atoms with Crippen LogP contribution in [-0.4, -0.2) is 37.7 Å². The van der Waals surface area contributed by atoms with Gasteiger partial charge in [0.05, 0.1) is 20.6 Å². The van der Waals surface area contributed by atoms with E-state index in [-0.39, 0.29) is 30.4 Å². The van der Waals surface area contributed by atoms with Crippen LogP contribution in [0.2, 0.25) is 0 Å². The fraction of sp³-hybridized carbons (Fsp3) is 0.333. The Morgan fingerprint density at radius 2 is 2.06 bits per heavy atom. The zero-order valence-electron chi connectivity index (χ0n) is 10.2. The molecule has 0 radical (unpaired) electrons. The quantitative estimate of drug-likeness (QED) is 0.754. The number of carbonyl (C=O) groups is 2. The van der Waals surface area contributed by atoms with E-state index in [1.54, 1.807) is 0 Å². The zero-order valence-corrected chi connectivity index (χ0v) is 10.2. The third-order valence-corrected chi connectivity index (χ3v) is 2.28. The number of ether oxygens (including phenoxy) is 2. The SMILES string of the molecule is COC(=O)CCNC(=O)c1ccc(O)c(OC)c1. The smallest absolute Gasteiger partial charge is 0.307 e. The van der Waals surface area contributed by atoms with Crippen molar-refractivity contribution in [1.82, 2.24) is 5.32 Å². The lowest BCUT2D eigenvalue weighted by Crippen LogP contribution is -2.26. The summed E-state index contributed by atoms with van der Waals surface area (Å²) < 4.78 is 9.34. The lowest BCUT2D eigenvalue weighted by atomic mass is 10.2. The number of methoxy groups -OCH3 is 2. The Bertz CT molecular complexity index is 444. The van der Waals surface area contributed by atoms with Gasteiger partial charge >= 0.3 is 5.97 Å². The molecule has 0 fully saturated rings. The molecule has 6 heteroatoms. The molecule has 0 atom stereocenters. The fourth-order valence-corrected chi connectivity index (χ4v) is 1.30. The molecule has 0 aromatic heterocycles. The average molecular weight is 253 g/mol. The molecule has 18 heavy (non-hydrogen) atoms. The molecule has 0 aliphatic heterocycles. The molecule has 0 saturated heterocycles. The normalized spacial score (nSPS) is 9.67. The summed E-state index contributed by atoms with van der Waals surface area (Å²) in [5, 5.41) is 11.9. The van der Waals surface area contributed by atoms with Crippen LogP contribution in [0.4, 0.5) is 0 Å². The second kappa shape index (κ2) is 6.48. The van der Waals surface area contributed by atoms with Crippen molar-refractivity contribution in [1.29, 1.82) is 0 Å². The van der Waals surface area contributed by atoms with E-state index in [0.717, 1.165) is 0 Å². The summed E-state index contributed by atoms with van der Waals surface area (Å²) in [4.78, 5) is 22.5. The van der Waals surface area contributed by atoms with Gasteiger partial charge in [0.15, 0.2) is 11.5 Å². The van der Waals surface area contributed by atoms with Gasteiger partial charge in [0, 0.05) is 12.1 Å². The predicted octanol–water partition coefficient (Wildman–Crippen LogP) is 0.694. The largest absolute Gasteiger partial charge is 0.504 e. The average Bonchev–Trinajstić information content (AvgIpc) is 2.38. The van der Waals surface area contributed by atoms with E-state index in [9.17, 15) is 14.7 Å². The van der Waals surface area contributed by atoms with Crippen LogP contribution in [0.15, 0.2) is 18.2 Å². The van der Waals surface area contributed by atoms with Crippen LogP contribution in [0.1, 0.15) is 16.8 Å². The Balaban J connectivity index is 2.59. The monoisotopic (exact) mass is 253 g/mol. The number of esters is 1. The minimum Gasteiger partial charge on any atom is -0.504 e. The summed E-state index contributed by atoms with van der Waals surface area (Å²) >= 11 is 0. The first-order valence-electron chi connectivity index (χ1n) is 5.30. The number of hydrogen-bond donors (Lipinski definition) is 2. The number of carbonyl (C=O) groups excluding carboxylic acids is 2. The molecule has 6 nitrogen and oxygen atoms in total. The van der Waals surface area contributed by atoms with Gasteiger partial charge in [-0.15, -0.1) is 0 Å². The number of rotatable bonds is 5. The number of phenols is 1. The maximum absolute atomic E-state index is 11.7. The van der Waals surface area contributed by atoms with Crippen LogP contribution >= 0.6 is 0 Å². The third kappa shape index (κ3) is 3.65. The van der Waals surface area contributed by atoms with E-state index in [1.807, 2.05) is 0 Å². The number of amides is 1. The highest BCUT2D eigenvalue weighted by atomic mass is 16.5. The van der Waals surface area contributed by atoms with Gasteiger partial charge in [-0.25, -0.2) is 0 Å². The second-order valence-electron chi connectivity index (χ2n) is 3.47. The van der Waals surface area contributed by atoms with E-state index in [0.29, 0.717) is 5.56 Å². The van der Waals surface area contributed by atoms with Gasteiger partial charge < -0.3 is 19.9 Å². The molecular weight excluding hydrogens is 238 g/mol. The maximum Gasteiger partial charge on any atom is 0.307 e. The first kappa shape index (κ1) is 13.8. The van der Waals surface area contributed by atoms with Crippen molar-refractivity contribution in [2.75, 3.05) is 20.8 Å². The third-order valence-electron chi connectivity index (χ3n) is 2.28. The summed E-state index contributed by atoms with van der Waals surface area (Å²) in [6.45, 7) is 0.189. The van der Waals surface area contributed by atoms with Crippen LogP contribution in [0, 0.1) is 0 Å². The number of aromatic hydroxyl groups is 1.